The van der Waals surface area contributed by atoms with E-state index in [-0.39, 0.29) is 11.9 Å². The minimum atomic E-state index is -3.48. The lowest BCUT2D eigenvalue weighted by Gasteiger charge is -2.28. The van der Waals surface area contributed by atoms with Gasteiger partial charge in [0.25, 0.3) is 0 Å². The predicted molar refractivity (Wildman–Crippen MR) is 90.6 cm³/mol. The number of sulfonamides is 1. The van der Waals surface area contributed by atoms with Gasteiger partial charge in [-0.25, -0.2) is 13.1 Å². The van der Waals surface area contributed by atoms with Crippen LogP contribution in [0.5, 0.6) is 0 Å². The number of carbonyl (C=O) groups is 1. The molecule has 2 saturated carbocycles. The van der Waals surface area contributed by atoms with Crippen LogP contribution in [0.1, 0.15) is 44.4 Å². The van der Waals surface area contributed by atoms with Crippen LogP contribution in [-0.2, 0) is 21.4 Å². The second-order valence-corrected chi connectivity index (χ2v) is 9.99. The fourth-order valence-corrected chi connectivity index (χ4v) is 6.71. The van der Waals surface area contributed by atoms with Gasteiger partial charge in [0.2, 0.25) is 15.9 Å². The summed E-state index contributed by atoms with van der Waals surface area (Å²) in [7, 11) is -3.48. The molecule has 7 heteroatoms. The third kappa shape index (κ3) is 3.78. The first-order valence-corrected chi connectivity index (χ1v) is 10.5. The van der Waals surface area contributed by atoms with Crippen molar-refractivity contribution in [2.75, 3.05) is 0 Å². The van der Waals surface area contributed by atoms with Crippen LogP contribution in [0.3, 0.4) is 0 Å². The van der Waals surface area contributed by atoms with E-state index >= 15 is 0 Å². The summed E-state index contributed by atoms with van der Waals surface area (Å²) in [5.41, 5.74) is 0. The van der Waals surface area contributed by atoms with E-state index in [4.69, 9.17) is 0 Å². The van der Waals surface area contributed by atoms with Crippen LogP contribution >= 0.6 is 11.3 Å². The Balaban J connectivity index is 1.63. The summed E-state index contributed by atoms with van der Waals surface area (Å²) < 4.78 is 28.3. The lowest BCUT2D eigenvalue weighted by molar-refractivity contribution is -0.119. The van der Waals surface area contributed by atoms with Gasteiger partial charge in [-0.1, -0.05) is 6.42 Å². The van der Waals surface area contributed by atoms with Crippen LogP contribution in [0.4, 0.5) is 0 Å². The molecule has 2 bridgehead atoms. The lowest BCUT2D eigenvalue weighted by atomic mass is 9.84. The SMILES string of the molecule is CC(=O)NCc1ccc(S(=O)(=O)N[C@H](C)[C@@H]2C[C@H]3CC[C@H]2C3)s1. The summed E-state index contributed by atoms with van der Waals surface area (Å²) in [5, 5.41) is 2.69. The molecule has 23 heavy (non-hydrogen) atoms. The van der Waals surface area contributed by atoms with Gasteiger partial charge in [-0.15, -0.1) is 11.3 Å². The molecule has 0 spiro atoms. The predicted octanol–water partition coefficient (Wildman–Crippen LogP) is 2.49. The summed E-state index contributed by atoms with van der Waals surface area (Å²) in [6.07, 6.45) is 5.00. The Kier molecular flexibility index (Phi) is 4.80. The van der Waals surface area contributed by atoms with Crippen LogP contribution in [0.2, 0.25) is 0 Å². The number of fused-ring (bicyclic) bond motifs is 2. The molecule has 5 nitrogen and oxygen atoms in total. The molecule has 0 unspecified atom stereocenters. The number of rotatable bonds is 6. The largest absolute Gasteiger partial charge is 0.351 e. The van der Waals surface area contributed by atoms with Crippen molar-refractivity contribution >= 4 is 27.3 Å². The topological polar surface area (TPSA) is 75.3 Å². The number of nitrogens with one attached hydrogen (secondary N) is 2. The highest BCUT2D eigenvalue weighted by molar-refractivity contribution is 7.91. The Hall–Kier alpha value is -0.920. The Labute approximate surface area is 141 Å². The zero-order valence-corrected chi connectivity index (χ0v) is 15.2. The second-order valence-electron chi connectivity index (χ2n) is 6.88. The molecule has 2 aliphatic carbocycles. The Bertz CT molecular complexity index is 683. The van der Waals surface area contributed by atoms with E-state index in [1.807, 2.05) is 6.92 Å². The quantitative estimate of drug-likeness (QED) is 0.822. The number of carbonyl (C=O) groups excluding carboxylic acids is 1. The monoisotopic (exact) mass is 356 g/mol. The molecule has 1 aromatic rings. The lowest BCUT2D eigenvalue weighted by Crippen LogP contribution is -2.39. The molecule has 1 aromatic heterocycles. The van der Waals surface area contributed by atoms with Crippen molar-refractivity contribution in [3.63, 3.8) is 0 Å². The molecule has 0 aliphatic heterocycles. The first-order chi connectivity index (χ1) is 10.8. The summed E-state index contributed by atoms with van der Waals surface area (Å²) in [4.78, 5) is 11.8. The summed E-state index contributed by atoms with van der Waals surface area (Å²) in [5.74, 6) is 1.85. The first kappa shape index (κ1) is 16.9. The van der Waals surface area contributed by atoms with Crippen molar-refractivity contribution in [1.82, 2.24) is 10.0 Å². The third-order valence-electron chi connectivity index (χ3n) is 5.19. The summed E-state index contributed by atoms with van der Waals surface area (Å²) in [6.45, 7) is 3.82. The molecule has 2 aliphatic rings. The maximum absolute atomic E-state index is 12.6. The molecule has 0 radical (unpaired) electrons. The fourth-order valence-electron chi connectivity index (χ4n) is 4.11. The highest BCUT2D eigenvalue weighted by atomic mass is 32.2. The minimum absolute atomic E-state index is 0.0174. The number of amides is 1. The van der Waals surface area contributed by atoms with Crippen LogP contribution in [-0.4, -0.2) is 20.4 Å². The maximum Gasteiger partial charge on any atom is 0.250 e. The van der Waals surface area contributed by atoms with Gasteiger partial charge in [-0.05, 0) is 56.1 Å². The third-order valence-corrected chi connectivity index (χ3v) is 8.33. The molecule has 4 atom stereocenters. The fraction of sp³-hybridized carbons (Fsp3) is 0.688. The van der Waals surface area contributed by atoms with Crippen LogP contribution in [0.15, 0.2) is 16.3 Å². The number of hydrogen-bond donors (Lipinski definition) is 2. The van der Waals surface area contributed by atoms with Crippen molar-refractivity contribution < 1.29 is 13.2 Å². The smallest absolute Gasteiger partial charge is 0.250 e. The molecule has 2 N–H and O–H groups in total. The zero-order valence-electron chi connectivity index (χ0n) is 13.5. The van der Waals surface area contributed by atoms with Crippen molar-refractivity contribution in [2.45, 2.75) is 56.3 Å². The van der Waals surface area contributed by atoms with E-state index in [0.29, 0.717) is 22.6 Å². The normalized spacial score (nSPS) is 28.0. The molecule has 3 rings (SSSR count). The van der Waals surface area contributed by atoms with E-state index in [1.165, 1.54) is 37.5 Å². The molecule has 2 fully saturated rings. The second kappa shape index (κ2) is 6.53. The van der Waals surface area contributed by atoms with Crippen LogP contribution in [0.25, 0.3) is 0 Å². The Morgan fingerprint density at radius 3 is 2.74 bits per heavy atom. The zero-order chi connectivity index (χ0) is 16.6. The molecular weight excluding hydrogens is 332 g/mol. The van der Waals surface area contributed by atoms with Gasteiger partial charge in [0.05, 0.1) is 6.54 Å². The minimum Gasteiger partial charge on any atom is -0.351 e. The van der Waals surface area contributed by atoms with E-state index in [2.05, 4.69) is 10.0 Å². The van der Waals surface area contributed by atoms with Crippen LogP contribution < -0.4 is 10.0 Å². The molecular formula is C16H24N2O3S2. The molecule has 1 heterocycles. The van der Waals surface area contributed by atoms with Gasteiger partial charge in [-0.3, -0.25) is 4.79 Å². The molecule has 1 amide bonds. The van der Waals surface area contributed by atoms with Gasteiger partial charge in [-0.2, -0.15) is 0 Å². The Morgan fingerprint density at radius 2 is 2.13 bits per heavy atom. The van der Waals surface area contributed by atoms with Crippen molar-refractivity contribution in [2.24, 2.45) is 17.8 Å². The average Bonchev–Trinajstić information content (AvgIpc) is 3.20. The van der Waals surface area contributed by atoms with Crippen LogP contribution in [0, 0.1) is 17.8 Å². The molecule has 0 aromatic carbocycles. The highest BCUT2D eigenvalue weighted by Crippen LogP contribution is 2.49. The van der Waals surface area contributed by atoms with Gasteiger partial charge >= 0.3 is 0 Å². The van der Waals surface area contributed by atoms with E-state index in [9.17, 15) is 13.2 Å². The van der Waals surface area contributed by atoms with E-state index in [0.717, 1.165) is 17.2 Å². The summed E-state index contributed by atoms with van der Waals surface area (Å²) in [6, 6.07) is 3.37. The van der Waals surface area contributed by atoms with E-state index in [1.54, 1.807) is 12.1 Å². The Morgan fingerprint density at radius 1 is 1.35 bits per heavy atom. The average molecular weight is 357 g/mol. The number of thiophene rings is 1. The van der Waals surface area contributed by atoms with Gasteiger partial charge in [0, 0.05) is 17.8 Å². The standard InChI is InChI=1S/C16H24N2O3S2/c1-10(15-8-12-3-4-13(15)7-12)18-23(20,21)16-6-5-14(22-16)9-17-11(2)19/h5-6,10,12-13,15,18H,3-4,7-9H2,1-2H3,(H,17,19)/t10-,12+,13+,15+/m1/s1. The van der Waals surface area contributed by atoms with Crippen molar-refractivity contribution in [1.29, 1.82) is 0 Å². The summed E-state index contributed by atoms with van der Waals surface area (Å²) >= 11 is 1.22. The molecule has 0 saturated heterocycles. The number of hydrogen-bond acceptors (Lipinski definition) is 4. The van der Waals surface area contributed by atoms with Gasteiger partial charge in [0.1, 0.15) is 4.21 Å². The van der Waals surface area contributed by atoms with Gasteiger partial charge < -0.3 is 5.32 Å². The van der Waals surface area contributed by atoms with Crippen molar-refractivity contribution in [3.05, 3.63) is 17.0 Å². The van der Waals surface area contributed by atoms with E-state index < -0.39 is 10.0 Å². The molecule has 128 valence electrons. The maximum atomic E-state index is 12.6. The van der Waals surface area contributed by atoms with Gasteiger partial charge in [0.15, 0.2) is 0 Å². The van der Waals surface area contributed by atoms with Crippen molar-refractivity contribution in [3.8, 4) is 0 Å². The highest BCUT2D eigenvalue weighted by Gasteiger charge is 2.42. The first-order valence-electron chi connectivity index (χ1n) is 8.20.